The molecule has 0 saturated heterocycles. The smallest absolute Gasteiger partial charge is 0.230 e. The first-order valence-corrected chi connectivity index (χ1v) is 11.4. The second-order valence-corrected chi connectivity index (χ2v) is 8.99. The van der Waals surface area contributed by atoms with E-state index in [0.717, 1.165) is 51.3 Å². The van der Waals surface area contributed by atoms with E-state index in [1.54, 1.807) is 26.2 Å². The van der Waals surface area contributed by atoms with Crippen molar-refractivity contribution in [3.63, 3.8) is 0 Å². The minimum atomic E-state index is -0.158. The third kappa shape index (κ3) is 9.83. The van der Waals surface area contributed by atoms with E-state index in [0.29, 0.717) is 11.0 Å². The number of allylic oxidation sites excluding steroid dienone is 3. The molecule has 168 valence electrons. The largest absolute Gasteiger partial charge is 0.402 e. The molecule has 0 aliphatic heterocycles. The summed E-state index contributed by atoms with van der Waals surface area (Å²) in [6.07, 6.45) is 7.18. The van der Waals surface area contributed by atoms with Crippen molar-refractivity contribution in [3.05, 3.63) is 58.5 Å². The highest BCUT2D eigenvalue weighted by Crippen LogP contribution is 2.21. The van der Waals surface area contributed by atoms with Crippen molar-refractivity contribution >= 4 is 34.3 Å². The molecule has 2 aromatic rings. The van der Waals surface area contributed by atoms with Crippen LogP contribution in [0.2, 0.25) is 0 Å². The minimum Gasteiger partial charge on any atom is -0.402 e. The predicted octanol–water partition coefficient (Wildman–Crippen LogP) is 2.62. The fourth-order valence-electron chi connectivity index (χ4n) is 2.59. The Morgan fingerprint density at radius 2 is 2.10 bits per heavy atom. The fourth-order valence-corrected chi connectivity index (χ4v) is 4.03. The van der Waals surface area contributed by atoms with Crippen LogP contribution in [-0.2, 0) is 17.6 Å². The van der Waals surface area contributed by atoms with Crippen LogP contribution in [0.4, 0.5) is 5.13 Å². The lowest BCUT2D eigenvalue weighted by Crippen LogP contribution is -2.14. The summed E-state index contributed by atoms with van der Waals surface area (Å²) >= 11 is 2.56. The molecule has 0 bridgehead atoms. The Balaban J connectivity index is 1.75. The monoisotopic (exact) mass is 463 g/mol. The lowest BCUT2D eigenvalue weighted by molar-refractivity contribution is -0.115. The molecule has 1 aromatic carbocycles. The average Bonchev–Trinajstić information content (AvgIpc) is 3.16. The molecule has 1 aromatic heterocycles. The number of hydrogen-bond donors (Lipinski definition) is 5. The van der Waals surface area contributed by atoms with Crippen LogP contribution in [0, 0.1) is 0 Å². The molecule has 1 heterocycles. The van der Waals surface area contributed by atoms with Crippen LogP contribution in [-0.4, -0.2) is 39.9 Å². The lowest BCUT2D eigenvalue weighted by atomic mass is 10.1. The molecular weight excluding hydrogens is 434 g/mol. The maximum Gasteiger partial charge on any atom is 0.230 e. The van der Waals surface area contributed by atoms with Gasteiger partial charge in [0.2, 0.25) is 11.0 Å². The maximum absolute atomic E-state index is 12.3. The van der Waals surface area contributed by atoms with Crippen molar-refractivity contribution in [3.8, 4) is 0 Å². The number of nitrogens with zero attached hydrogens (tertiary/aromatic N) is 3. The molecule has 0 spiro atoms. The van der Waals surface area contributed by atoms with Crippen molar-refractivity contribution in [2.24, 2.45) is 11.5 Å². The van der Waals surface area contributed by atoms with Crippen LogP contribution in [0.1, 0.15) is 29.8 Å². The number of benzene rings is 1. The van der Waals surface area contributed by atoms with E-state index < -0.39 is 0 Å². The van der Waals surface area contributed by atoms with Gasteiger partial charge in [0.05, 0.1) is 12.2 Å². The first kappa shape index (κ1) is 24.7. The third-order valence-corrected chi connectivity index (χ3v) is 5.71. The summed E-state index contributed by atoms with van der Waals surface area (Å²) in [4.78, 5) is 13.2. The normalized spacial score (nSPS) is 12.3. The summed E-state index contributed by atoms with van der Waals surface area (Å²) in [7, 11) is 3.30. The van der Waals surface area contributed by atoms with Crippen LogP contribution in [0.15, 0.2) is 52.8 Å². The molecule has 7 N–H and O–H groups in total. The van der Waals surface area contributed by atoms with Gasteiger partial charge in [-0.05, 0) is 61.1 Å². The molecule has 0 radical (unpaired) electrons. The lowest BCUT2D eigenvalue weighted by Gasteiger charge is -2.08. The summed E-state index contributed by atoms with van der Waals surface area (Å²) in [5.41, 5.74) is 13.2. The number of nitrogens with one attached hydrogen (secondary N) is 2. The number of aryl methyl sites for hydroxylation is 1. The highest BCUT2D eigenvalue weighted by Gasteiger charge is 2.10. The average molecular weight is 464 g/mol. The van der Waals surface area contributed by atoms with E-state index >= 15 is 0 Å². The highest BCUT2D eigenvalue weighted by molar-refractivity contribution is 7.96. The Kier molecular flexibility index (Phi) is 10.3. The van der Waals surface area contributed by atoms with E-state index in [4.69, 9.17) is 11.5 Å². The molecule has 0 aliphatic rings. The molecule has 0 fully saturated rings. The van der Waals surface area contributed by atoms with Crippen molar-refractivity contribution in [2.75, 3.05) is 19.4 Å². The number of hydroxylamine groups is 1. The van der Waals surface area contributed by atoms with Gasteiger partial charge in [0.25, 0.3) is 0 Å². The van der Waals surface area contributed by atoms with E-state index in [2.05, 4.69) is 20.8 Å². The second kappa shape index (κ2) is 13.0. The zero-order chi connectivity index (χ0) is 22.6. The minimum absolute atomic E-state index is 0.158. The van der Waals surface area contributed by atoms with E-state index in [1.165, 1.54) is 23.3 Å². The van der Waals surface area contributed by atoms with Crippen LogP contribution in [0.5, 0.6) is 0 Å². The quantitative estimate of drug-likeness (QED) is 0.139. The number of carbonyl (C=O) groups excluding carboxylic acids is 1. The van der Waals surface area contributed by atoms with Crippen molar-refractivity contribution in [2.45, 2.75) is 37.0 Å². The molecule has 31 heavy (non-hydrogen) atoms. The fraction of sp³-hybridized carbons (Fsp3) is 0.350. The zero-order valence-electron chi connectivity index (χ0n) is 17.7. The molecule has 9 nitrogen and oxygen atoms in total. The van der Waals surface area contributed by atoms with Gasteiger partial charge in [-0.1, -0.05) is 23.5 Å². The van der Waals surface area contributed by atoms with Crippen molar-refractivity contribution in [1.82, 2.24) is 20.0 Å². The number of hydrogen-bond acceptors (Lipinski definition) is 10. The Morgan fingerprint density at radius 1 is 1.29 bits per heavy atom. The van der Waals surface area contributed by atoms with Gasteiger partial charge in [0.15, 0.2) is 0 Å². The van der Waals surface area contributed by atoms with Crippen molar-refractivity contribution in [1.29, 1.82) is 0 Å². The summed E-state index contributed by atoms with van der Waals surface area (Å²) < 4.78 is 1.02. The Bertz CT molecular complexity index is 912. The third-order valence-electron chi connectivity index (χ3n) is 4.09. The zero-order valence-corrected chi connectivity index (χ0v) is 19.3. The van der Waals surface area contributed by atoms with Crippen LogP contribution < -0.4 is 22.1 Å². The number of amides is 1. The Morgan fingerprint density at radius 3 is 2.84 bits per heavy atom. The topological polar surface area (TPSA) is 142 Å². The summed E-state index contributed by atoms with van der Waals surface area (Å²) in [5, 5.41) is 24.5. The predicted molar refractivity (Wildman–Crippen MR) is 125 cm³/mol. The van der Waals surface area contributed by atoms with Gasteiger partial charge in [-0.3, -0.25) is 4.79 Å². The number of anilines is 1. The summed E-state index contributed by atoms with van der Waals surface area (Å²) in [5.74, 6) is 0.407. The van der Waals surface area contributed by atoms with Gasteiger partial charge in [0.1, 0.15) is 5.01 Å². The molecular formula is C20H29N7O2S2. The van der Waals surface area contributed by atoms with Crippen LogP contribution >= 0.6 is 23.3 Å². The Labute approximate surface area is 190 Å². The molecule has 1 amide bonds. The first-order valence-electron chi connectivity index (χ1n) is 9.77. The molecule has 0 saturated carbocycles. The molecule has 0 unspecified atom stereocenters. The van der Waals surface area contributed by atoms with E-state index in [-0.39, 0.29) is 12.3 Å². The van der Waals surface area contributed by atoms with Gasteiger partial charge < -0.3 is 27.3 Å². The summed E-state index contributed by atoms with van der Waals surface area (Å²) in [6, 6.07) is 7.46. The van der Waals surface area contributed by atoms with Gasteiger partial charge >= 0.3 is 0 Å². The van der Waals surface area contributed by atoms with E-state index in [1.807, 2.05) is 24.3 Å². The molecule has 0 atom stereocenters. The van der Waals surface area contributed by atoms with E-state index in [9.17, 15) is 10.0 Å². The van der Waals surface area contributed by atoms with Crippen molar-refractivity contribution < 1.29 is 10.0 Å². The van der Waals surface area contributed by atoms with Gasteiger partial charge in [-0.2, -0.15) is 0 Å². The number of aromatic nitrogens is 2. The van der Waals surface area contributed by atoms with Gasteiger partial charge in [0, 0.05) is 31.1 Å². The second-order valence-electron chi connectivity index (χ2n) is 6.75. The molecule has 2 rings (SSSR count). The first-order chi connectivity index (χ1) is 14.9. The molecule has 11 heteroatoms. The maximum atomic E-state index is 12.3. The number of carbonyl (C=O) groups is 1. The number of unbranched alkanes of at least 4 members (excludes halogenated alkanes) is 1. The van der Waals surface area contributed by atoms with Gasteiger partial charge in [-0.25, -0.2) is 0 Å². The number of rotatable bonds is 12. The highest BCUT2D eigenvalue weighted by atomic mass is 32.2. The summed E-state index contributed by atoms with van der Waals surface area (Å²) in [6.45, 7) is 0. The van der Waals surface area contributed by atoms with Crippen LogP contribution in [0.3, 0.4) is 0 Å². The SMILES string of the molecule is CN/C(N)=C/C=C(\N)CCCCc1nnc(NC(=O)Cc2cccc(SN(C)O)c2)s1. The standard InChI is InChI=1S/C20H29N7O2S2/c1-23-17(22)11-10-15(21)7-3-4-9-19-25-26-20(30-19)24-18(28)13-14-6-5-8-16(12-14)31-27(2)29/h5-6,8,10-12,23,29H,3-4,7,9,13,21-22H2,1-2H3,(H,24,26,28)/b15-10-,17-11+. The Hall–Kier alpha value is -2.60. The molecule has 0 aliphatic carbocycles. The van der Waals surface area contributed by atoms with Crippen LogP contribution in [0.25, 0.3) is 0 Å². The number of nitrogens with two attached hydrogens (primary N) is 2. The van der Waals surface area contributed by atoms with Gasteiger partial charge in [-0.15, -0.1) is 14.7 Å².